The normalized spacial score (nSPS) is 11.6. The highest BCUT2D eigenvalue weighted by Gasteiger charge is 2.20. The Hall–Kier alpha value is -1.63. The van der Waals surface area contributed by atoms with Crippen LogP contribution in [-0.2, 0) is 6.54 Å². The number of halogens is 1. The van der Waals surface area contributed by atoms with Crippen LogP contribution in [0.3, 0.4) is 0 Å². The summed E-state index contributed by atoms with van der Waals surface area (Å²) in [6.07, 6.45) is 0. The van der Waals surface area contributed by atoms with Crippen molar-refractivity contribution >= 4 is 33.2 Å². The number of methoxy groups -OCH3 is 1. The van der Waals surface area contributed by atoms with E-state index < -0.39 is 0 Å². The predicted molar refractivity (Wildman–Crippen MR) is 116 cm³/mol. The molecule has 2 aromatic carbocycles. The zero-order valence-electron chi connectivity index (χ0n) is 15.8. The predicted octanol–water partition coefficient (Wildman–Crippen LogP) is 6.19. The molecule has 0 aliphatic rings. The van der Waals surface area contributed by atoms with E-state index in [1.165, 1.54) is 0 Å². The largest absolute Gasteiger partial charge is 0.497 e. The van der Waals surface area contributed by atoms with E-state index in [9.17, 15) is 0 Å². The maximum atomic E-state index is 6.00. The van der Waals surface area contributed by atoms with Crippen molar-refractivity contribution in [2.45, 2.75) is 37.1 Å². The quantitative estimate of drug-likeness (QED) is 0.445. The Balaban J connectivity index is 1.94. The highest BCUT2D eigenvalue weighted by atomic mass is 35.5. The molecule has 0 saturated heterocycles. The lowest BCUT2D eigenvalue weighted by molar-refractivity contribution is 0.415. The van der Waals surface area contributed by atoms with Crippen molar-refractivity contribution in [2.24, 2.45) is 0 Å². The van der Waals surface area contributed by atoms with Gasteiger partial charge in [-0.2, -0.15) is 0 Å². The number of hydrogen-bond donors (Lipinski definition) is 0. The van der Waals surface area contributed by atoms with Gasteiger partial charge in [0.2, 0.25) is 0 Å². The van der Waals surface area contributed by atoms with Crippen molar-refractivity contribution in [3.63, 3.8) is 0 Å². The Morgan fingerprint density at radius 3 is 2.30 bits per heavy atom. The van der Waals surface area contributed by atoms with Gasteiger partial charge in [-0.15, -0.1) is 5.10 Å². The minimum Gasteiger partial charge on any atom is -0.497 e. The highest BCUT2D eigenvalue weighted by Crippen LogP contribution is 2.43. The van der Waals surface area contributed by atoms with E-state index in [4.69, 9.17) is 16.3 Å². The molecule has 0 radical (unpaired) electrons. The van der Waals surface area contributed by atoms with E-state index >= 15 is 0 Å². The number of benzene rings is 2. The second-order valence-electron chi connectivity index (χ2n) is 7.03. The first-order valence-corrected chi connectivity index (χ1v) is 11.1. The fraction of sp³-hybridized carbons (Fsp3) is 0.300. The molecule has 1 aromatic heterocycles. The molecule has 7 heteroatoms. The second kappa shape index (κ2) is 8.59. The molecular weight excluding hydrogens is 398 g/mol. The first-order chi connectivity index (χ1) is 12.9. The van der Waals surface area contributed by atoms with Gasteiger partial charge in [0.1, 0.15) is 16.5 Å². The molecule has 27 heavy (non-hydrogen) atoms. The Labute approximate surface area is 173 Å². The lowest BCUT2D eigenvalue weighted by Crippen LogP contribution is -2.06. The zero-order valence-corrected chi connectivity index (χ0v) is 18.2. The number of aromatic nitrogens is 3. The molecule has 142 valence electrons. The van der Waals surface area contributed by atoms with Gasteiger partial charge in [-0.25, -0.2) is 4.68 Å². The molecular formula is C20H22ClN3OS2. The van der Waals surface area contributed by atoms with Crippen molar-refractivity contribution in [1.29, 1.82) is 0 Å². The molecule has 3 aromatic rings. The smallest absolute Gasteiger partial charge is 0.133 e. The Morgan fingerprint density at radius 1 is 1.04 bits per heavy atom. The topological polar surface area (TPSA) is 39.9 Å². The number of rotatable bonds is 6. The van der Waals surface area contributed by atoms with Crippen LogP contribution in [0.2, 0.25) is 5.02 Å². The molecule has 1 heterocycles. The molecule has 0 saturated carbocycles. The third kappa shape index (κ3) is 5.43. The molecule has 0 amide bonds. The Bertz CT molecular complexity index is 887. The average molecular weight is 420 g/mol. The van der Waals surface area contributed by atoms with Gasteiger partial charge in [0.05, 0.1) is 13.7 Å². The number of hydrogen-bond acceptors (Lipinski definition) is 5. The van der Waals surface area contributed by atoms with Crippen LogP contribution in [-0.4, -0.2) is 26.9 Å². The third-order valence-corrected chi connectivity index (χ3v) is 7.29. The SMILES string of the molecule is COc1ccc(-c2nnn(Cc3ccc(Cl)cc3)c2SSC(C)(C)C)cc1. The van der Waals surface area contributed by atoms with Gasteiger partial charge >= 0.3 is 0 Å². The van der Waals surface area contributed by atoms with E-state index in [1.54, 1.807) is 28.7 Å². The highest BCUT2D eigenvalue weighted by molar-refractivity contribution is 8.77. The molecule has 0 fully saturated rings. The van der Waals surface area contributed by atoms with Gasteiger partial charge in [0.15, 0.2) is 0 Å². The molecule has 0 unspecified atom stereocenters. The van der Waals surface area contributed by atoms with Gasteiger partial charge in [-0.3, -0.25) is 0 Å². The molecule has 0 aliphatic heterocycles. The summed E-state index contributed by atoms with van der Waals surface area (Å²) >= 11 is 6.00. The van der Waals surface area contributed by atoms with Crippen molar-refractivity contribution in [1.82, 2.24) is 15.0 Å². The van der Waals surface area contributed by atoms with E-state index in [2.05, 4.69) is 31.1 Å². The van der Waals surface area contributed by atoms with Crippen molar-refractivity contribution < 1.29 is 4.74 Å². The summed E-state index contributed by atoms with van der Waals surface area (Å²) in [6.45, 7) is 7.24. The van der Waals surface area contributed by atoms with Crippen molar-refractivity contribution in [2.75, 3.05) is 7.11 Å². The molecule has 0 aliphatic carbocycles. The van der Waals surface area contributed by atoms with Crippen LogP contribution in [0, 0.1) is 0 Å². The first-order valence-electron chi connectivity index (χ1n) is 8.54. The minimum absolute atomic E-state index is 0.122. The van der Waals surface area contributed by atoms with Crippen LogP contribution < -0.4 is 4.74 Å². The van der Waals surface area contributed by atoms with E-state index in [1.807, 2.05) is 53.2 Å². The van der Waals surface area contributed by atoms with Crippen LogP contribution in [0.5, 0.6) is 5.75 Å². The van der Waals surface area contributed by atoms with Gasteiger partial charge < -0.3 is 4.74 Å². The summed E-state index contributed by atoms with van der Waals surface area (Å²) in [7, 11) is 5.18. The van der Waals surface area contributed by atoms with Gasteiger partial charge in [0.25, 0.3) is 0 Å². The molecule has 0 bridgehead atoms. The number of nitrogens with zero attached hydrogens (tertiary/aromatic N) is 3. The molecule has 3 rings (SSSR count). The zero-order chi connectivity index (χ0) is 19.4. The van der Waals surface area contributed by atoms with Crippen LogP contribution in [0.4, 0.5) is 0 Å². The second-order valence-corrected chi connectivity index (χ2v) is 10.4. The van der Waals surface area contributed by atoms with E-state index in [0.29, 0.717) is 6.54 Å². The van der Waals surface area contributed by atoms with Crippen molar-refractivity contribution in [3.05, 3.63) is 59.1 Å². The maximum Gasteiger partial charge on any atom is 0.133 e. The fourth-order valence-electron chi connectivity index (χ4n) is 2.35. The van der Waals surface area contributed by atoms with Crippen LogP contribution in [0.25, 0.3) is 11.3 Å². The monoisotopic (exact) mass is 419 g/mol. The summed E-state index contributed by atoms with van der Waals surface area (Å²) in [5, 5.41) is 10.7. The summed E-state index contributed by atoms with van der Waals surface area (Å²) in [5.74, 6) is 0.825. The first kappa shape index (κ1) is 20.1. The Morgan fingerprint density at radius 2 is 1.70 bits per heavy atom. The summed E-state index contributed by atoms with van der Waals surface area (Å²) in [4.78, 5) is 0. The van der Waals surface area contributed by atoms with Crippen LogP contribution in [0.1, 0.15) is 26.3 Å². The van der Waals surface area contributed by atoms with E-state index in [0.717, 1.165) is 32.6 Å². The minimum atomic E-state index is 0.122. The molecule has 4 nitrogen and oxygen atoms in total. The molecule has 0 atom stereocenters. The van der Waals surface area contributed by atoms with Crippen molar-refractivity contribution in [3.8, 4) is 17.0 Å². The summed E-state index contributed by atoms with van der Waals surface area (Å²) in [5.41, 5.74) is 3.04. The average Bonchev–Trinajstić information content (AvgIpc) is 3.04. The van der Waals surface area contributed by atoms with Gasteiger partial charge in [-0.05, 0) is 52.8 Å². The summed E-state index contributed by atoms with van der Waals surface area (Å²) < 4.78 is 7.33. The molecule has 0 spiro atoms. The fourth-order valence-corrected chi connectivity index (χ4v) is 4.71. The van der Waals surface area contributed by atoms with Crippen LogP contribution >= 0.6 is 33.2 Å². The third-order valence-electron chi connectivity index (χ3n) is 3.67. The maximum absolute atomic E-state index is 6.00. The lowest BCUT2D eigenvalue weighted by atomic mass is 10.1. The Kier molecular flexibility index (Phi) is 6.40. The standard InChI is InChI=1S/C20H22ClN3OS2/c1-20(2,3)27-26-19-18(15-7-11-17(25-4)12-8-15)22-23-24(19)13-14-5-9-16(21)10-6-14/h5-12H,13H2,1-4H3. The van der Waals surface area contributed by atoms with E-state index in [-0.39, 0.29) is 4.75 Å². The van der Waals surface area contributed by atoms with Crippen LogP contribution in [0.15, 0.2) is 53.6 Å². The van der Waals surface area contributed by atoms with Gasteiger partial charge in [0, 0.05) is 15.3 Å². The molecule has 0 N–H and O–H groups in total. The number of ether oxygens (including phenoxy) is 1. The summed E-state index contributed by atoms with van der Waals surface area (Å²) in [6, 6.07) is 15.7. The van der Waals surface area contributed by atoms with Gasteiger partial charge in [-0.1, -0.05) is 60.5 Å². The lowest BCUT2D eigenvalue weighted by Gasteiger charge is -2.17.